The molecule has 0 unspecified atom stereocenters. The van der Waals surface area contributed by atoms with Crippen LogP contribution in [0.1, 0.15) is 71.1 Å². The second kappa shape index (κ2) is 14.2. The van der Waals surface area contributed by atoms with Gasteiger partial charge in [0.2, 0.25) is 0 Å². The first-order valence-corrected chi connectivity index (χ1v) is 17.0. The minimum atomic E-state index is -1.33. The van der Waals surface area contributed by atoms with Crippen molar-refractivity contribution in [2.24, 2.45) is 17.8 Å². The molecule has 49 heavy (non-hydrogen) atoms. The van der Waals surface area contributed by atoms with Crippen molar-refractivity contribution in [3.8, 4) is 0 Å². The van der Waals surface area contributed by atoms with Crippen LogP contribution in [0.3, 0.4) is 0 Å². The molecule has 7 rings (SSSR count). The van der Waals surface area contributed by atoms with E-state index in [0.717, 1.165) is 65.6 Å². The Labute approximate surface area is 287 Å². The molecule has 0 amide bonds. The normalized spacial score (nSPS) is 30.3. The van der Waals surface area contributed by atoms with Gasteiger partial charge >= 0.3 is 23.6 Å². The van der Waals surface area contributed by atoms with E-state index in [0.29, 0.717) is 12.1 Å². The number of ether oxygens (including phenoxy) is 4. The number of nitrogens with one attached hydrogen (secondary N) is 1. The Morgan fingerprint density at radius 2 is 1.61 bits per heavy atom. The number of nitrogens with zero attached hydrogens (tertiary/aromatic N) is 2. The average Bonchev–Trinajstić information content (AvgIpc) is 3.33. The second-order valence-electron chi connectivity index (χ2n) is 13.9. The Bertz CT molecular complexity index is 1740. The summed E-state index contributed by atoms with van der Waals surface area (Å²) in [4.78, 5) is 62.7. The van der Waals surface area contributed by atoms with Crippen molar-refractivity contribution < 1.29 is 37.7 Å². The molecule has 4 bridgehead atoms. The van der Waals surface area contributed by atoms with Gasteiger partial charge in [0.15, 0.2) is 18.4 Å². The topological polar surface area (TPSA) is 144 Å². The fourth-order valence-corrected chi connectivity index (χ4v) is 8.79. The molecule has 1 saturated heterocycles. The van der Waals surface area contributed by atoms with Crippen LogP contribution < -0.4 is 16.6 Å². The van der Waals surface area contributed by atoms with Gasteiger partial charge < -0.3 is 24.3 Å². The minimum Gasteiger partial charge on any atom is -0.463 e. The Morgan fingerprint density at radius 1 is 0.980 bits per heavy atom. The lowest BCUT2D eigenvalue weighted by atomic mass is 9.53. The largest absolute Gasteiger partial charge is 0.463 e. The third-order valence-corrected chi connectivity index (χ3v) is 10.5. The van der Waals surface area contributed by atoms with Crippen LogP contribution in [0.2, 0.25) is 5.02 Å². The zero-order chi connectivity index (χ0) is 35.0. The lowest BCUT2D eigenvalue weighted by molar-refractivity contribution is -0.166. The first kappa shape index (κ1) is 35.0. The van der Waals surface area contributed by atoms with Gasteiger partial charge in [0.1, 0.15) is 18.5 Å². The van der Waals surface area contributed by atoms with Gasteiger partial charge in [-0.05, 0) is 79.5 Å². The van der Waals surface area contributed by atoms with Crippen molar-refractivity contribution in [3.05, 3.63) is 73.8 Å². The summed E-state index contributed by atoms with van der Waals surface area (Å²) < 4.78 is 38.2. The molecule has 1 N–H and O–H groups in total. The zero-order valence-corrected chi connectivity index (χ0v) is 28.5. The number of allylic oxidation sites excluding steroid dienone is 1. The highest BCUT2D eigenvalue weighted by molar-refractivity contribution is 6.30. The molecule has 4 aliphatic carbocycles. The van der Waals surface area contributed by atoms with Crippen LogP contribution in [0.4, 0.5) is 4.39 Å². The van der Waals surface area contributed by atoms with Gasteiger partial charge in [-0.1, -0.05) is 23.7 Å². The molecule has 264 valence electrons. The Morgan fingerprint density at radius 3 is 2.20 bits per heavy atom. The molecule has 1 aromatic heterocycles. The molecule has 12 nitrogen and oxygen atoms in total. The summed E-state index contributed by atoms with van der Waals surface area (Å²) in [5, 5.41) is 3.79. The lowest BCUT2D eigenvalue weighted by Crippen LogP contribution is -2.58. The predicted octanol–water partition coefficient (Wildman–Crippen LogP) is 3.77. The number of esters is 3. The summed E-state index contributed by atoms with van der Waals surface area (Å²) in [7, 11) is 0. The summed E-state index contributed by atoms with van der Waals surface area (Å²) >= 11 is 6.18. The molecule has 14 heteroatoms. The van der Waals surface area contributed by atoms with E-state index in [1.165, 1.54) is 50.6 Å². The number of aromatic nitrogens is 2. The zero-order valence-electron chi connectivity index (χ0n) is 27.7. The van der Waals surface area contributed by atoms with Crippen molar-refractivity contribution in [2.75, 3.05) is 13.2 Å². The van der Waals surface area contributed by atoms with E-state index < -0.39 is 59.5 Å². The van der Waals surface area contributed by atoms with E-state index in [2.05, 4.69) is 5.32 Å². The van der Waals surface area contributed by atoms with Crippen LogP contribution in [0.5, 0.6) is 0 Å². The molecule has 4 saturated carbocycles. The van der Waals surface area contributed by atoms with Gasteiger partial charge in [-0.2, -0.15) is 0 Å². The van der Waals surface area contributed by atoms with E-state index in [1.807, 2.05) is 0 Å². The van der Waals surface area contributed by atoms with Gasteiger partial charge in [-0.3, -0.25) is 28.3 Å². The summed E-state index contributed by atoms with van der Waals surface area (Å²) in [6, 6.07) is 5.61. The SMILES string of the molecule is CC(=O)OC[C@H]1O[C@@H](n2ccc(=O)n(C/C=C(\CNC34CC5CC(CC(C5)C3)C4)c3ccc(F)c(Cl)c3)c2=O)[C@H](OC(C)=O)[C@@H]1OC(C)=O. The van der Waals surface area contributed by atoms with Gasteiger partial charge in [0, 0.05) is 51.7 Å². The van der Waals surface area contributed by atoms with Crippen LogP contribution >= 0.6 is 11.6 Å². The number of carbonyl (C=O) groups is 3. The molecule has 1 aromatic carbocycles. The number of carbonyl (C=O) groups excluding carboxylic acids is 3. The van der Waals surface area contributed by atoms with Gasteiger partial charge in [-0.15, -0.1) is 0 Å². The number of halogens is 2. The van der Waals surface area contributed by atoms with E-state index in [4.69, 9.17) is 30.5 Å². The third kappa shape index (κ3) is 7.68. The summed E-state index contributed by atoms with van der Waals surface area (Å²) in [5.74, 6) is -0.467. The van der Waals surface area contributed by atoms with E-state index in [-0.39, 0.29) is 23.7 Å². The molecule has 2 aromatic rings. The minimum absolute atomic E-state index is 0.0145. The molecule has 0 radical (unpaired) electrons. The summed E-state index contributed by atoms with van der Waals surface area (Å²) in [6.07, 6.45) is 5.21. The van der Waals surface area contributed by atoms with Gasteiger partial charge in [0.05, 0.1) is 5.02 Å². The maximum Gasteiger partial charge on any atom is 0.333 e. The second-order valence-corrected chi connectivity index (χ2v) is 14.3. The fraction of sp³-hybridized carbons (Fsp3) is 0.571. The number of benzene rings is 1. The summed E-state index contributed by atoms with van der Waals surface area (Å²) in [5.41, 5.74) is 0.0232. The molecule has 5 aliphatic rings. The lowest BCUT2D eigenvalue weighted by Gasteiger charge is -2.57. The molecule has 5 fully saturated rings. The van der Waals surface area contributed by atoms with Crippen LogP contribution in [0, 0.1) is 23.6 Å². The third-order valence-electron chi connectivity index (χ3n) is 10.2. The quantitative estimate of drug-likeness (QED) is 0.272. The Balaban J connectivity index is 1.31. The highest BCUT2D eigenvalue weighted by atomic mass is 35.5. The van der Waals surface area contributed by atoms with Crippen molar-refractivity contribution in [2.45, 2.75) is 95.9 Å². The molecular formula is C35H41ClFN3O9. The first-order chi connectivity index (χ1) is 23.3. The number of rotatable bonds is 11. The van der Waals surface area contributed by atoms with Crippen molar-refractivity contribution in [1.82, 2.24) is 14.5 Å². The van der Waals surface area contributed by atoms with Crippen LogP contribution in [0.25, 0.3) is 5.57 Å². The van der Waals surface area contributed by atoms with E-state index in [1.54, 1.807) is 12.1 Å². The fourth-order valence-electron chi connectivity index (χ4n) is 8.61. The highest BCUT2D eigenvalue weighted by Crippen LogP contribution is 2.55. The smallest absolute Gasteiger partial charge is 0.333 e. The maximum absolute atomic E-state index is 14.2. The van der Waals surface area contributed by atoms with Crippen molar-refractivity contribution in [3.63, 3.8) is 0 Å². The predicted molar refractivity (Wildman–Crippen MR) is 175 cm³/mol. The highest BCUT2D eigenvalue weighted by Gasteiger charge is 2.52. The Kier molecular flexibility index (Phi) is 10.2. The Hall–Kier alpha value is -3.81. The van der Waals surface area contributed by atoms with Crippen molar-refractivity contribution >= 4 is 35.1 Å². The van der Waals surface area contributed by atoms with Crippen LogP contribution in [-0.2, 0) is 39.9 Å². The van der Waals surface area contributed by atoms with Crippen LogP contribution in [0.15, 0.2) is 46.1 Å². The monoisotopic (exact) mass is 701 g/mol. The molecule has 4 atom stereocenters. The number of hydrogen-bond acceptors (Lipinski definition) is 10. The molecular weight excluding hydrogens is 661 g/mol. The van der Waals surface area contributed by atoms with Crippen molar-refractivity contribution in [1.29, 1.82) is 0 Å². The van der Waals surface area contributed by atoms with E-state index >= 15 is 0 Å². The first-order valence-electron chi connectivity index (χ1n) is 16.7. The molecule has 0 spiro atoms. The standard InChI is InChI=1S/C35H41ClFN3O9/c1-19(41)46-18-29-31(47-20(2)42)32(48-21(3)43)33(49-29)40-9-7-30(44)39(34(40)45)8-6-26(25-4-5-28(37)27(36)13-25)17-38-35-14-22-10-23(15-35)12-24(11-22)16-35/h4-7,9,13,22-24,29,31-33,38H,8,10-12,14-18H2,1-3H3/b26-6+/t22?,23?,24?,29-,31-,32-,33-,35?/m1/s1. The van der Waals surface area contributed by atoms with Gasteiger partial charge in [0.25, 0.3) is 5.56 Å². The average molecular weight is 702 g/mol. The number of hydrogen-bond donors (Lipinski definition) is 1. The molecule has 1 aliphatic heterocycles. The van der Waals surface area contributed by atoms with Crippen LogP contribution in [-0.4, -0.2) is 64.0 Å². The van der Waals surface area contributed by atoms with E-state index in [9.17, 15) is 28.4 Å². The molecule has 2 heterocycles. The summed E-state index contributed by atoms with van der Waals surface area (Å²) in [6.45, 7) is 3.42. The maximum atomic E-state index is 14.2. The van der Waals surface area contributed by atoms with Gasteiger partial charge in [-0.25, -0.2) is 9.18 Å².